The van der Waals surface area contributed by atoms with Crippen molar-refractivity contribution in [1.82, 2.24) is 10.2 Å². The summed E-state index contributed by atoms with van der Waals surface area (Å²) in [6, 6.07) is 14.1. The minimum absolute atomic E-state index is 0.0617. The van der Waals surface area contributed by atoms with Crippen molar-refractivity contribution in [2.24, 2.45) is 0 Å². The lowest BCUT2D eigenvalue weighted by atomic mass is 10.1. The van der Waals surface area contributed by atoms with E-state index < -0.39 is 0 Å². The summed E-state index contributed by atoms with van der Waals surface area (Å²) in [6.07, 6.45) is 0. The number of thioether (sulfide) groups is 1. The second-order valence-electron chi connectivity index (χ2n) is 7.64. The van der Waals surface area contributed by atoms with Crippen molar-refractivity contribution >= 4 is 51.2 Å². The Hall–Kier alpha value is -2.62. The number of hydrogen-bond acceptors (Lipinski definition) is 8. The summed E-state index contributed by atoms with van der Waals surface area (Å²) in [5.74, 6) is -0.0617. The highest BCUT2D eigenvalue weighted by molar-refractivity contribution is 8.02. The van der Waals surface area contributed by atoms with Crippen LogP contribution in [0.1, 0.15) is 18.1 Å². The van der Waals surface area contributed by atoms with Crippen molar-refractivity contribution in [3.63, 3.8) is 0 Å². The molecule has 0 aliphatic carbocycles. The maximum atomic E-state index is 12.7. The van der Waals surface area contributed by atoms with Crippen LogP contribution in [0.3, 0.4) is 0 Å². The average molecular weight is 470 g/mol. The third-order valence-electron chi connectivity index (χ3n) is 5.41. The summed E-state index contributed by atoms with van der Waals surface area (Å²) in [6.45, 7) is 9.32. The van der Waals surface area contributed by atoms with Gasteiger partial charge in [-0.1, -0.05) is 35.2 Å². The highest BCUT2D eigenvalue weighted by Crippen LogP contribution is 2.32. The molecule has 168 valence electrons. The number of nitrogens with zero attached hydrogens (tertiary/aromatic N) is 3. The van der Waals surface area contributed by atoms with Gasteiger partial charge in [0.15, 0.2) is 4.34 Å². The number of nitrogens with one attached hydrogen (secondary N) is 2. The Morgan fingerprint density at radius 3 is 2.62 bits per heavy atom. The molecule has 1 atom stereocenters. The quantitative estimate of drug-likeness (QED) is 0.479. The van der Waals surface area contributed by atoms with Gasteiger partial charge >= 0.3 is 0 Å². The first kappa shape index (κ1) is 22.6. The molecule has 1 aliphatic heterocycles. The van der Waals surface area contributed by atoms with E-state index in [0.29, 0.717) is 5.13 Å². The van der Waals surface area contributed by atoms with Gasteiger partial charge in [0.2, 0.25) is 11.0 Å². The van der Waals surface area contributed by atoms with E-state index in [4.69, 9.17) is 4.74 Å². The van der Waals surface area contributed by atoms with Gasteiger partial charge in [0.25, 0.3) is 0 Å². The molecule has 4 rings (SSSR count). The minimum Gasteiger partial charge on any atom is -0.378 e. The van der Waals surface area contributed by atoms with Gasteiger partial charge in [0.1, 0.15) is 0 Å². The number of carbonyl (C=O) groups is 1. The Morgan fingerprint density at radius 1 is 1.12 bits per heavy atom. The van der Waals surface area contributed by atoms with Crippen molar-refractivity contribution in [3.05, 3.63) is 53.6 Å². The number of benzene rings is 2. The Balaban J connectivity index is 1.31. The Labute approximate surface area is 196 Å². The standard InChI is InChI=1S/C23H27N5O2S2/c1-15-5-4-6-20(16(15)2)25-22-26-27-23(32-22)31-17(3)21(29)24-18-7-9-19(10-8-18)28-11-13-30-14-12-28/h4-10,17H,11-14H2,1-3H3,(H,24,29)(H,25,26). The lowest BCUT2D eigenvalue weighted by Crippen LogP contribution is -2.36. The Kier molecular flexibility index (Phi) is 7.29. The smallest absolute Gasteiger partial charge is 0.237 e. The van der Waals surface area contributed by atoms with Crippen LogP contribution in [0.25, 0.3) is 0 Å². The van der Waals surface area contributed by atoms with E-state index in [1.54, 1.807) is 0 Å². The van der Waals surface area contributed by atoms with E-state index in [9.17, 15) is 4.79 Å². The van der Waals surface area contributed by atoms with Crippen LogP contribution >= 0.6 is 23.1 Å². The van der Waals surface area contributed by atoms with Crippen molar-refractivity contribution in [2.45, 2.75) is 30.4 Å². The first-order valence-electron chi connectivity index (χ1n) is 10.6. The van der Waals surface area contributed by atoms with Crippen LogP contribution in [0, 0.1) is 13.8 Å². The van der Waals surface area contributed by atoms with Gasteiger partial charge in [-0.15, -0.1) is 10.2 Å². The molecule has 0 saturated carbocycles. The molecule has 2 heterocycles. The first-order valence-corrected chi connectivity index (χ1v) is 12.3. The van der Waals surface area contributed by atoms with Crippen LogP contribution in [-0.4, -0.2) is 47.7 Å². The molecule has 1 aliphatic rings. The molecular formula is C23H27N5O2S2. The molecule has 32 heavy (non-hydrogen) atoms. The van der Waals surface area contributed by atoms with Crippen molar-refractivity contribution < 1.29 is 9.53 Å². The zero-order valence-corrected chi connectivity index (χ0v) is 20.1. The van der Waals surface area contributed by atoms with Crippen LogP contribution in [0.4, 0.5) is 22.2 Å². The first-order chi connectivity index (χ1) is 15.5. The summed E-state index contributed by atoms with van der Waals surface area (Å²) in [7, 11) is 0. The van der Waals surface area contributed by atoms with E-state index in [0.717, 1.165) is 47.7 Å². The van der Waals surface area contributed by atoms with Crippen LogP contribution in [0.15, 0.2) is 46.8 Å². The highest BCUT2D eigenvalue weighted by atomic mass is 32.2. The molecule has 1 aromatic heterocycles. The van der Waals surface area contributed by atoms with E-state index in [1.807, 2.05) is 43.3 Å². The molecule has 1 amide bonds. The molecule has 3 aromatic rings. The SMILES string of the molecule is Cc1cccc(Nc2nnc(SC(C)C(=O)Nc3ccc(N4CCOCC4)cc3)s2)c1C. The van der Waals surface area contributed by atoms with Gasteiger partial charge in [-0.2, -0.15) is 0 Å². The highest BCUT2D eigenvalue weighted by Gasteiger charge is 2.18. The zero-order valence-electron chi connectivity index (χ0n) is 18.4. The van der Waals surface area contributed by atoms with E-state index in [-0.39, 0.29) is 11.2 Å². The maximum absolute atomic E-state index is 12.7. The van der Waals surface area contributed by atoms with Gasteiger partial charge in [0, 0.05) is 30.2 Å². The Morgan fingerprint density at radius 2 is 1.88 bits per heavy atom. The van der Waals surface area contributed by atoms with Gasteiger partial charge in [-0.3, -0.25) is 4.79 Å². The fourth-order valence-electron chi connectivity index (χ4n) is 3.34. The fourth-order valence-corrected chi connectivity index (χ4v) is 5.24. The lowest BCUT2D eigenvalue weighted by Gasteiger charge is -2.28. The van der Waals surface area contributed by atoms with Gasteiger partial charge in [0.05, 0.1) is 18.5 Å². The number of hydrogen-bond donors (Lipinski definition) is 2. The predicted octanol–water partition coefficient (Wildman–Crippen LogP) is 4.85. The number of carbonyl (C=O) groups excluding carboxylic acids is 1. The average Bonchev–Trinajstić information content (AvgIpc) is 3.24. The molecule has 2 N–H and O–H groups in total. The van der Waals surface area contributed by atoms with Gasteiger partial charge < -0.3 is 20.3 Å². The number of anilines is 4. The molecule has 9 heteroatoms. The summed E-state index contributed by atoms with van der Waals surface area (Å²) < 4.78 is 6.15. The normalized spacial score (nSPS) is 14.8. The molecule has 0 radical (unpaired) electrons. The molecule has 0 spiro atoms. The van der Waals surface area contributed by atoms with Gasteiger partial charge in [-0.25, -0.2) is 0 Å². The van der Waals surface area contributed by atoms with Crippen LogP contribution in [-0.2, 0) is 9.53 Å². The zero-order chi connectivity index (χ0) is 22.5. The number of rotatable bonds is 7. The van der Waals surface area contributed by atoms with Crippen molar-refractivity contribution in [3.8, 4) is 0 Å². The van der Waals surface area contributed by atoms with E-state index in [2.05, 4.69) is 45.6 Å². The second-order valence-corrected chi connectivity index (χ2v) is 10.2. The van der Waals surface area contributed by atoms with Crippen LogP contribution in [0.2, 0.25) is 0 Å². The number of amides is 1. The minimum atomic E-state index is -0.296. The maximum Gasteiger partial charge on any atom is 0.237 e. The van der Waals surface area contributed by atoms with Crippen LogP contribution < -0.4 is 15.5 Å². The second kappa shape index (κ2) is 10.3. The van der Waals surface area contributed by atoms with Crippen LogP contribution in [0.5, 0.6) is 0 Å². The predicted molar refractivity (Wildman–Crippen MR) is 133 cm³/mol. The monoisotopic (exact) mass is 469 g/mol. The van der Waals surface area contributed by atoms with E-state index in [1.165, 1.54) is 34.2 Å². The third kappa shape index (κ3) is 5.59. The van der Waals surface area contributed by atoms with Crippen molar-refractivity contribution in [2.75, 3.05) is 41.8 Å². The number of ether oxygens (including phenoxy) is 1. The molecule has 0 bridgehead atoms. The van der Waals surface area contributed by atoms with Crippen molar-refractivity contribution in [1.29, 1.82) is 0 Å². The lowest BCUT2D eigenvalue weighted by molar-refractivity contribution is -0.115. The number of morpholine rings is 1. The van der Waals surface area contributed by atoms with Gasteiger partial charge in [-0.05, 0) is 62.2 Å². The summed E-state index contributed by atoms with van der Waals surface area (Å²) >= 11 is 2.85. The molecule has 1 unspecified atom stereocenters. The molecule has 1 saturated heterocycles. The molecule has 7 nitrogen and oxygen atoms in total. The molecule has 2 aromatic carbocycles. The number of aryl methyl sites for hydroxylation is 1. The number of aromatic nitrogens is 2. The largest absolute Gasteiger partial charge is 0.378 e. The topological polar surface area (TPSA) is 79.4 Å². The Bertz CT molecular complexity index is 1060. The summed E-state index contributed by atoms with van der Waals surface area (Å²) in [4.78, 5) is 14.9. The van der Waals surface area contributed by atoms with E-state index >= 15 is 0 Å². The molecule has 1 fully saturated rings. The fraction of sp³-hybridized carbons (Fsp3) is 0.348. The summed E-state index contributed by atoms with van der Waals surface area (Å²) in [5.41, 5.74) is 5.35. The molecular weight excluding hydrogens is 442 g/mol. The summed E-state index contributed by atoms with van der Waals surface area (Å²) in [5, 5.41) is 15.2. The third-order valence-corrected chi connectivity index (χ3v) is 7.43.